The molecule has 0 radical (unpaired) electrons. The van der Waals surface area contributed by atoms with E-state index in [2.05, 4.69) is 25.6 Å². The topological polar surface area (TPSA) is 120 Å². The van der Waals surface area contributed by atoms with Crippen molar-refractivity contribution < 1.29 is 5.48 Å². The SMILES string of the molecule is CN/C(=N/C#N)NCCSCc1nc[nH]c1C.O.[MgH2]. The van der Waals surface area contributed by atoms with Crippen LogP contribution >= 0.6 is 11.8 Å². The van der Waals surface area contributed by atoms with Crippen molar-refractivity contribution in [1.82, 2.24) is 20.6 Å². The Bertz CT molecular complexity index is 416. The molecule has 1 aromatic rings. The van der Waals surface area contributed by atoms with Crippen molar-refractivity contribution in [3.8, 4) is 6.19 Å². The van der Waals surface area contributed by atoms with Gasteiger partial charge < -0.3 is 21.1 Å². The zero-order valence-electron chi connectivity index (χ0n) is 10.4. The van der Waals surface area contributed by atoms with Crippen LogP contribution in [0.25, 0.3) is 0 Å². The molecule has 0 aliphatic heterocycles. The van der Waals surface area contributed by atoms with Gasteiger partial charge in [0.2, 0.25) is 12.2 Å². The first-order chi connectivity index (χ1) is 8.27. The highest BCUT2D eigenvalue weighted by Crippen LogP contribution is 2.11. The van der Waals surface area contributed by atoms with Crippen LogP contribution in [0.15, 0.2) is 11.3 Å². The third-order valence-corrected chi connectivity index (χ3v) is 3.08. The molecule has 7 nitrogen and oxygen atoms in total. The molecule has 1 aromatic heterocycles. The highest BCUT2D eigenvalue weighted by molar-refractivity contribution is 7.98. The van der Waals surface area contributed by atoms with Crippen LogP contribution in [-0.2, 0) is 5.75 Å². The molecule has 0 saturated heterocycles. The smallest absolute Gasteiger partial charge is 0.316 e. The first-order valence-corrected chi connectivity index (χ1v) is 6.38. The minimum atomic E-state index is 0. The molecule has 0 unspecified atom stereocenters. The molecule has 0 fully saturated rings. The summed E-state index contributed by atoms with van der Waals surface area (Å²) in [6.45, 7) is 2.77. The number of aryl methyl sites for hydroxylation is 1. The van der Waals surface area contributed by atoms with E-state index >= 15 is 0 Å². The maximum Gasteiger partial charge on any atom is 0.316 e. The molecule has 0 amide bonds. The van der Waals surface area contributed by atoms with Gasteiger partial charge in [0.05, 0.1) is 12.0 Å². The first-order valence-electron chi connectivity index (χ1n) is 5.23. The predicted molar refractivity (Wildman–Crippen MR) is 81.8 cm³/mol. The van der Waals surface area contributed by atoms with Crippen LogP contribution in [0.5, 0.6) is 0 Å². The molecule has 0 spiro atoms. The second kappa shape index (κ2) is 12.1. The zero-order valence-corrected chi connectivity index (χ0v) is 11.3. The van der Waals surface area contributed by atoms with Crippen LogP contribution in [0.2, 0.25) is 0 Å². The maximum absolute atomic E-state index is 8.39. The van der Waals surface area contributed by atoms with Gasteiger partial charge in [-0.2, -0.15) is 17.0 Å². The normalized spacial score (nSPS) is 9.84. The summed E-state index contributed by atoms with van der Waals surface area (Å²) in [5.41, 5.74) is 2.21. The van der Waals surface area contributed by atoms with Crippen LogP contribution < -0.4 is 10.6 Å². The fourth-order valence-corrected chi connectivity index (χ4v) is 2.05. The average Bonchev–Trinajstić information content (AvgIpc) is 2.73. The summed E-state index contributed by atoms with van der Waals surface area (Å²) in [6, 6.07) is 0. The molecule has 104 valence electrons. The quantitative estimate of drug-likeness (QED) is 0.208. The van der Waals surface area contributed by atoms with Gasteiger partial charge in [0.15, 0.2) is 0 Å². The lowest BCUT2D eigenvalue weighted by Crippen LogP contribution is -2.35. The Balaban J connectivity index is 0. The van der Waals surface area contributed by atoms with Crippen molar-refractivity contribution in [3.63, 3.8) is 0 Å². The van der Waals surface area contributed by atoms with Crippen LogP contribution in [-0.4, -0.2) is 63.8 Å². The van der Waals surface area contributed by atoms with E-state index in [0.29, 0.717) is 5.96 Å². The van der Waals surface area contributed by atoms with E-state index in [0.717, 1.165) is 29.4 Å². The van der Waals surface area contributed by atoms with Crippen LogP contribution in [0.1, 0.15) is 11.4 Å². The number of imidazole rings is 1. The molecule has 0 aliphatic carbocycles. The van der Waals surface area contributed by atoms with Crippen molar-refractivity contribution in [1.29, 1.82) is 5.26 Å². The van der Waals surface area contributed by atoms with Gasteiger partial charge in [-0.25, -0.2) is 4.98 Å². The molecule has 0 bridgehead atoms. The second-order valence-electron chi connectivity index (χ2n) is 3.26. The van der Waals surface area contributed by atoms with E-state index in [9.17, 15) is 0 Å². The van der Waals surface area contributed by atoms with Gasteiger partial charge in [-0.3, -0.25) is 0 Å². The minimum Gasteiger partial charge on any atom is -0.412 e. The number of nitriles is 1. The molecule has 0 atom stereocenters. The summed E-state index contributed by atoms with van der Waals surface area (Å²) < 4.78 is 0. The maximum atomic E-state index is 8.39. The molecule has 9 heteroatoms. The highest BCUT2D eigenvalue weighted by Gasteiger charge is 2.00. The summed E-state index contributed by atoms with van der Waals surface area (Å²) in [5.74, 6) is 2.32. The second-order valence-corrected chi connectivity index (χ2v) is 4.37. The summed E-state index contributed by atoms with van der Waals surface area (Å²) in [5, 5.41) is 14.2. The summed E-state index contributed by atoms with van der Waals surface area (Å²) in [6.07, 6.45) is 3.44. The van der Waals surface area contributed by atoms with Crippen molar-refractivity contribution in [2.24, 2.45) is 4.99 Å². The molecule has 0 aromatic carbocycles. The van der Waals surface area contributed by atoms with E-state index in [1.54, 1.807) is 31.3 Å². The predicted octanol–water partition coefficient (Wildman–Crippen LogP) is -1.14. The third kappa shape index (κ3) is 7.94. The first kappa shape index (κ1) is 20.4. The number of H-pyrrole nitrogens is 1. The summed E-state index contributed by atoms with van der Waals surface area (Å²) in [7, 11) is 1.73. The van der Waals surface area contributed by atoms with E-state index in [-0.39, 0.29) is 28.5 Å². The van der Waals surface area contributed by atoms with Gasteiger partial charge in [-0.05, 0) is 6.92 Å². The lowest BCUT2D eigenvalue weighted by molar-refractivity contribution is 0.824. The number of nitrogens with one attached hydrogen (secondary N) is 3. The molecule has 0 saturated carbocycles. The Kier molecular flexibility index (Phi) is 13.0. The number of aromatic amines is 1. The van der Waals surface area contributed by atoms with E-state index in [4.69, 9.17) is 5.26 Å². The Morgan fingerprint density at radius 2 is 2.37 bits per heavy atom. The lowest BCUT2D eigenvalue weighted by Gasteiger charge is -2.06. The molecule has 5 N–H and O–H groups in total. The van der Waals surface area contributed by atoms with Crippen LogP contribution in [0.3, 0.4) is 0 Å². The van der Waals surface area contributed by atoms with E-state index in [1.165, 1.54) is 0 Å². The van der Waals surface area contributed by atoms with Crippen LogP contribution in [0, 0.1) is 18.4 Å². The van der Waals surface area contributed by atoms with E-state index < -0.39 is 0 Å². The Labute approximate surface area is 133 Å². The lowest BCUT2D eigenvalue weighted by atomic mass is 10.4. The van der Waals surface area contributed by atoms with Gasteiger partial charge in [-0.1, -0.05) is 0 Å². The van der Waals surface area contributed by atoms with Crippen molar-refractivity contribution in [3.05, 3.63) is 17.7 Å². The number of thioether (sulfide) groups is 1. The van der Waals surface area contributed by atoms with Gasteiger partial charge in [0.25, 0.3) is 0 Å². The number of aliphatic imine (C=N–C) groups is 1. The number of rotatable bonds is 5. The zero-order chi connectivity index (χ0) is 12.5. The van der Waals surface area contributed by atoms with Crippen molar-refractivity contribution >= 4 is 40.8 Å². The van der Waals surface area contributed by atoms with Crippen molar-refractivity contribution in [2.75, 3.05) is 19.3 Å². The standard InChI is InChI=1S/C10H16N6S.Mg.H2O.2H/c1-8-9(16-7-15-8)5-17-4-3-13-10(12-2)14-6-11;;;;/h7H,3-5H2,1-2H3,(H,15,16)(H2,12,13,14);;1H2;;. The summed E-state index contributed by atoms with van der Waals surface area (Å²) >= 11 is 1.79. The fraction of sp³-hybridized carbons (Fsp3) is 0.500. The number of guanidine groups is 1. The molecular formula is C10H20MgN6OS. The van der Waals surface area contributed by atoms with Crippen LogP contribution in [0.4, 0.5) is 0 Å². The Hall–Kier alpha value is -0.954. The number of hydrogen-bond donors (Lipinski definition) is 3. The number of aromatic nitrogens is 2. The van der Waals surface area contributed by atoms with Crippen molar-refractivity contribution in [2.45, 2.75) is 12.7 Å². The monoisotopic (exact) mass is 296 g/mol. The fourth-order valence-electron chi connectivity index (χ4n) is 1.18. The highest BCUT2D eigenvalue weighted by atomic mass is 32.2. The van der Waals surface area contributed by atoms with Gasteiger partial charge >= 0.3 is 23.1 Å². The third-order valence-electron chi connectivity index (χ3n) is 2.11. The Morgan fingerprint density at radius 1 is 1.63 bits per heavy atom. The molecular weight excluding hydrogens is 277 g/mol. The molecule has 1 rings (SSSR count). The van der Waals surface area contributed by atoms with Gasteiger partial charge in [0.1, 0.15) is 0 Å². The molecule has 0 aliphatic rings. The molecule has 19 heavy (non-hydrogen) atoms. The number of nitrogens with zero attached hydrogens (tertiary/aromatic N) is 3. The van der Waals surface area contributed by atoms with Gasteiger partial charge in [0, 0.05) is 30.8 Å². The average molecular weight is 297 g/mol. The minimum absolute atomic E-state index is 0. The number of hydrogen-bond acceptors (Lipinski definition) is 4. The largest absolute Gasteiger partial charge is 0.412 e. The van der Waals surface area contributed by atoms with Gasteiger partial charge in [-0.15, -0.1) is 4.99 Å². The summed E-state index contributed by atoms with van der Waals surface area (Å²) in [4.78, 5) is 10.8. The Morgan fingerprint density at radius 3 is 2.89 bits per heavy atom. The molecule has 1 heterocycles. The van der Waals surface area contributed by atoms with E-state index in [1.807, 2.05) is 6.92 Å².